The quantitative estimate of drug-likeness (QED) is 0.908. The molecule has 0 amide bonds. The SMILES string of the molecule is OC1CCN(C2CCN(c3ncccc3C(F)(F)F)CC2)C1. The first-order chi connectivity index (χ1) is 10.4. The number of piperidine rings is 1. The first-order valence-electron chi connectivity index (χ1n) is 7.64. The molecule has 1 unspecified atom stereocenters. The Labute approximate surface area is 127 Å². The van der Waals surface area contributed by atoms with Crippen LogP contribution in [0.3, 0.4) is 0 Å². The van der Waals surface area contributed by atoms with E-state index in [4.69, 9.17) is 0 Å². The fourth-order valence-corrected chi connectivity index (χ4v) is 3.41. The first-order valence-corrected chi connectivity index (χ1v) is 7.64. The highest BCUT2D eigenvalue weighted by Crippen LogP contribution is 2.36. The Kier molecular flexibility index (Phi) is 4.27. The lowest BCUT2D eigenvalue weighted by Gasteiger charge is -2.37. The van der Waals surface area contributed by atoms with Crippen LogP contribution in [0.5, 0.6) is 0 Å². The number of aliphatic hydroxyl groups is 1. The van der Waals surface area contributed by atoms with Gasteiger partial charge in [-0.25, -0.2) is 4.98 Å². The molecule has 0 aliphatic carbocycles. The van der Waals surface area contributed by atoms with Crippen molar-refractivity contribution in [3.05, 3.63) is 23.9 Å². The number of alkyl halides is 3. The van der Waals surface area contributed by atoms with Gasteiger partial charge in [0.25, 0.3) is 0 Å². The minimum atomic E-state index is -4.38. The number of anilines is 1. The maximum absolute atomic E-state index is 13.1. The van der Waals surface area contributed by atoms with E-state index in [1.54, 1.807) is 4.90 Å². The summed E-state index contributed by atoms with van der Waals surface area (Å²) >= 11 is 0. The van der Waals surface area contributed by atoms with Crippen LogP contribution >= 0.6 is 0 Å². The molecule has 2 aliphatic heterocycles. The summed E-state index contributed by atoms with van der Waals surface area (Å²) in [5.41, 5.74) is -0.662. The van der Waals surface area contributed by atoms with Crippen molar-refractivity contribution in [2.45, 2.75) is 37.6 Å². The van der Waals surface area contributed by atoms with Crippen molar-refractivity contribution >= 4 is 5.82 Å². The number of β-amino-alcohol motifs (C(OH)–C–C–N with tert-alkyl or cyclic N) is 1. The number of hydrogen-bond acceptors (Lipinski definition) is 4. The molecule has 0 saturated carbocycles. The smallest absolute Gasteiger partial charge is 0.392 e. The maximum atomic E-state index is 13.1. The van der Waals surface area contributed by atoms with E-state index in [1.165, 1.54) is 12.3 Å². The summed E-state index contributed by atoms with van der Waals surface area (Å²) in [6, 6.07) is 2.77. The fraction of sp³-hybridized carbons (Fsp3) is 0.667. The number of hydrogen-bond donors (Lipinski definition) is 1. The Morgan fingerprint density at radius 3 is 2.45 bits per heavy atom. The van der Waals surface area contributed by atoms with Crippen LogP contribution in [0.4, 0.5) is 19.0 Å². The van der Waals surface area contributed by atoms with E-state index in [9.17, 15) is 18.3 Å². The summed E-state index contributed by atoms with van der Waals surface area (Å²) in [6.45, 7) is 2.69. The van der Waals surface area contributed by atoms with E-state index in [0.717, 1.165) is 31.9 Å². The monoisotopic (exact) mass is 315 g/mol. The number of pyridine rings is 1. The fourth-order valence-electron chi connectivity index (χ4n) is 3.41. The van der Waals surface area contributed by atoms with Crippen molar-refractivity contribution < 1.29 is 18.3 Å². The zero-order valence-corrected chi connectivity index (χ0v) is 12.3. The van der Waals surface area contributed by atoms with Gasteiger partial charge >= 0.3 is 6.18 Å². The lowest BCUT2D eigenvalue weighted by atomic mass is 10.0. The van der Waals surface area contributed by atoms with Crippen molar-refractivity contribution in [2.24, 2.45) is 0 Å². The molecule has 1 aromatic heterocycles. The zero-order valence-electron chi connectivity index (χ0n) is 12.3. The number of aliphatic hydroxyl groups excluding tert-OH is 1. The van der Waals surface area contributed by atoms with Crippen molar-refractivity contribution in [2.75, 3.05) is 31.1 Å². The van der Waals surface area contributed by atoms with Gasteiger partial charge in [0.15, 0.2) is 0 Å². The maximum Gasteiger partial charge on any atom is 0.419 e. The molecule has 2 aliphatic rings. The second kappa shape index (κ2) is 6.04. The van der Waals surface area contributed by atoms with Crippen LogP contribution < -0.4 is 4.90 Å². The normalized spacial score (nSPS) is 24.9. The van der Waals surface area contributed by atoms with Gasteiger partial charge < -0.3 is 10.0 Å². The van der Waals surface area contributed by atoms with Crippen LogP contribution in [0.25, 0.3) is 0 Å². The average Bonchev–Trinajstić information content (AvgIpc) is 2.93. The standard InChI is InChI=1S/C15H20F3N3O/c16-15(17,18)13-2-1-6-19-14(13)20-7-3-11(4-8-20)21-9-5-12(22)10-21/h1-2,6,11-12,22H,3-5,7-10H2. The van der Waals surface area contributed by atoms with Gasteiger partial charge in [-0.1, -0.05) is 0 Å². The van der Waals surface area contributed by atoms with Crippen molar-refractivity contribution in [3.63, 3.8) is 0 Å². The van der Waals surface area contributed by atoms with Crippen LogP contribution in [0.1, 0.15) is 24.8 Å². The third-order valence-corrected chi connectivity index (χ3v) is 4.57. The summed E-state index contributed by atoms with van der Waals surface area (Å²) in [7, 11) is 0. The van der Waals surface area contributed by atoms with Gasteiger partial charge in [-0.3, -0.25) is 4.90 Å². The van der Waals surface area contributed by atoms with E-state index < -0.39 is 11.7 Å². The molecule has 0 aromatic carbocycles. The summed E-state index contributed by atoms with van der Waals surface area (Å²) in [4.78, 5) is 7.94. The minimum Gasteiger partial charge on any atom is -0.392 e. The Balaban J connectivity index is 1.67. The molecular formula is C15H20F3N3O. The summed E-state index contributed by atoms with van der Waals surface area (Å²) in [6.07, 6.45) is -0.821. The lowest BCUT2D eigenvalue weighted by Crippen LogP contribution is -2.45. The van der Waals surface area contributed by atoms with E-state index >= 15 is 0 Å². The van der Waals surface area contributed by atoms with Gasteiger partial charge in [-0.2, -0.15) is 13.2 Å². The molecule has 1 atom stereocenters. The van der Waals surface area contributed by atoms with Crippen molar-refractivity contribution in [1.82, 2.24) is 9.88 Å². The van der Waals surface area contributed by atoms with E-state index in [1.807, 2.05) is 0 Å². The molecule has 2 saturated heterocycles. The Morgan fingerprint density at radius 2 is 1.86 bits per heavy atom. The molecule has 22 heavy (non-hydrogen) atoms. The third-order valence-electron chi connectivity index (χ3n) is 4.57. The summed E-state index contributed by atoms with van der Waals surface area (Å²) in [5.74, 6) is 0.0370. The molecule has 122 valence electrons. The number of nitrogens with zero attached hydrogens (tertiary/aromatic N) is 3. The first kappa shape index (κ1) is 15.6. The highest BCUT2D eigenvalue weighted by Gasteiger charge is 2.37. The highest BCUT2D eigenvalue weighted by molar-refractivity contribution is 5.48. The molecule has 1 N–H and O–H groups in total. The van der Waals surface area contributed by atoms with Gasteiger partial charge in [-0.05, 0) is 31.4 Å². The topological polar surface area (TPSA) is 39.6 Å². The second-order valence-corrected chi connectivity index (χ2v) is 6.03. The molecule has 7 heteroatoms. The van der Waals surface area contributed by atoms with Crippen LogP contribution in [-0.4, -0.2) is 53.3 Å². The Bertz CT molecular complexity index is 515. The van der Waals surface area contributed by atoms with E-state index in [-0.39, 0.29) is 11.9 Å². The molecule has 2 fully saturated rings. The van der Waals surface area contributed by atoms with Crippen LogP contribution in [-0.2, 0) is 6.18 Å². The zero-order chi connectivity index (χ0) is 15.7. The molecule has 3 heterocycles. The van der Waals surface area contributed by atoms with Gasteiger partial charge in [0.1, 0.15) is 5.82 Å². The largest absolute Gasteiger partial charge is 0.419 e. The van der Waals surface area contributed by atoms with E-state index in [0.29, 0.717) is 25.7 Å². The number of likely N-dealkylation sites (tertiary alicyclic amines) is 1. The third kappa shape index (κ3) is 3.20. The van der Waals surface area contributed by atoms with Crippen molar-refractivity contribution in [3.8, 4) is 0 Å². The van der Waals surface area contributed by atoms with Crippen molar-refractivity contribution in [1.29, 1.82) is 0 Å². The van der Waals surface area contributed by atoms with Crippen LogP contribution in [0, 0.1) is 0 Å². The van der Waals surface area contributed by atoms with Crippen LogP contribution in [0.2, 0.25) is 0 Å². The summed E-state index contributed by atoms with van der Waals surface area (Å²) < 4.78 is 39.2. The van der Waals surface area contributed by atoms with E-state index in [2.05, 4.69) is 9.88 Å². The second-order valence-electron chi connectivity index (χ2n) is 6.03. The molecule has 0 bridgehead atoms. The average molecular weight is 315 g/mol. The van der Waals surface area contributed by atoms with Gasteiger partial charge in [0.05, 0.1) is 11.7 Å². The van der Waals surface area contributed by atoms with Gasteiger partial charge in [-0.15, -0.1) is 0 Å². The minimum absolute atomic E-state index is 0.0370. The molecule has 4 nitrogen and oxygen atoms in total. The Hall–Kier alpha value is -1.34. The highest BCUT2D eigenvalue weighted by atomic mass is 19.4. The number of halogens is 3. The molecule has 1 aromatic rings. The molecule has 3 rings (SSSR count). The predicted octanol–water partition coefficient (Wildman–Crippen LogP) is 2.14. The number of rotatable bonds is 2. The molecule has 0 spiro atoms. The lowest BCUT2D eigenvalue weighted by molar-refractivity contribution is -0.137. The molecular weight excluding hydrogens is 295 g/mol. The number of aromatic nitrogens is 1. The Morgan fingerprint density at radius 1 is 1.14 bits per heavy atom. The summed E-state index contributed by atoms with van der Waals surface area (Å²) in [5, 5.41) is 9.60. The van der Waals surface area contributed by atoms with Crippen LogP contribution in [0.15, 0.2) is 18.3 Å². The van der Waals surface area contributed by atoms with Gasteiger partial charge in [0, 0.05) is 38.4 Å². The molecule has 0 radical (unpaired) electrons. The predicted molar refractivity (Wildman–Crippen MR) is 76.7 cm³/mol. The van der Waals surface area contributed by atoms with Gasteiger partial charge in [0.2, 0.25) is 0 Å².